The number of primary amides is 1. The summed E-state index contributed by atoms with van der Waals surface area (Å²) < 4.78 is 0. The Bertz CT molecular complexity index is 377. The van der Waals surface area contributed by atoms with Crippen molar-refractivity contribution in [2.75, 3.05) is 26.2 Å². The van der Waals surface area contributed by atoms with E-state index in [2.05, 4.69) is 15.1 Å². The standard InChI is InChI=1S/C13H24N4O2/c1-13(2,3)15-12(19)8-17-6-9-4-10(17)5-16(9)7-11(14)18/h9-10H,4-8H2,1-3H3,(H2,14,18)(H,15,19). The number of hydrogen-bond acceptors (Lipinski definition) is 4. The van der Waals surface area contributed by atoms with E-state index in [-0.39, 0.29) is 17.4 Å². The first-order valence-electron chi connectivity index (χ1n) is 6.82. The Balaban J connectivity index is 1.81. The van der Waals surface area contributed by atoms with Gasteiger partial charge in [-0.2, -0.15) is 0 Å². The van der Waals surface area contributed by atoms with Crippen molar-refractivity contribution in [3.8, 4) is 0 Å². The molecule has 2 bridgehead atoms. The smallest absolute Gasteiger partial charge is 0.234 e. The van der Waals surface area contributed by atoms with Crippen LogP contribution >= 0.6 is 0 Å². The molecule has 2 amide bonds. The summed E-state index contributed by atoms with van der Waals surface area (Å²) in [5, 5.41) is 2.98. The highest BCUT2D eigenvalue weighted by atomic mass is 16.2. The molecule has 2 atom stereocenters. The summed E-state index contributed by atoms with van der Waals surface area (Å²) in [6.45, 7) is 8.43. The van der Waals surface area contributed by atoms with Gasteiger partial charge in [-0.1, -0.05) is 0 Å². The fraction of sp³-hybridized carbons (Fsp3) is 0.846. The minimum atomic E-state index is -0.274. The van der Waals surface area contributed by atoms with E-state index in [0.717, 1.165) is 19.5 Å². The number of nitrogens with two attached hydrogens (primary N) is 1. The molecule has 0 aliphatic carbocycles. The van der Waals surface area contributed by atoms with Crippen LogP contribution in [-0.4, -0.2) is 65.4 Å². The lowest BCUT2D eigenvalue weighted by Gasteiger charge is -2.33. The number of likely N-dealkylation sites (tertiary alicyclic amines) is 2. The predicted molar refractivity (Wildman–Crippen MR) is 72.4 cm³/mol. The largest absolute Gasteiger partial charge is 0.369 e. The van der Waals surface area contributed by atoms with Gasteiger partial charge in [-0.3, -0.25) is 19.4 Å². The second-order valence-corrected chi connectivity index (χ2v) is 6.67. The lowest BCUT2D eigenvalue weighted by Crippen LogP contribution is -2.52. The lowest BCUT2D eigenvalue weighted by atomic mass is 10.1. The predicted octanol–water partition coefficient (Wildman–Crippen LogP) is -0.855. The zero-order chi connectivity index (χ0) is 14.2. The number of fused-ring (bicyclic) bond motifs is 2. The Kier molecular flexibility index (Phi) is 3.82. The van der Waals surface area contributed by atoms with Crippen LogP contribution in [0.4, 0.5) is 0 Å². The van der Waals surface area contributed by atoms with E-state index in [1.807, 2.05) is 20.8 Å². The summed E-state index contributed by atoms with van der Waals surface area (Å²) in [7, 11) is 0. The first kappa shape index (κ1) is 14.3. The second-order valence-electron chi connectivity index (χ2n) is 6.67. The molecule has 2 aliphatic rings. The molecule has 0 saturated carbocycles. The molecule has 2 unspecified atom stereocenters. The maximum absolute atomic E-state index is 11.9. The molecule has 19 heavy (non-hydrogen) atoms. The summed E-state index contributed by atoms with van der Waals surface area (Å²) in [4.78, 5) is 27.2. The van der Waals surface area contributed by atoms with Gasteiger partial charge in [0.2, 0.25) is 11.8 Å². The first-order chi connectivity index (χ1) is 8.74. The molecule has 0 radical (unpaired) electrons. The van der Waals surface area contributed by atoms with Gasteiger partial charge in [-0.05, 0) is 27.2 Å². The van der Waals surface area contributed by atoms with Gasteiger partial charge in [0.15, 0.2) is 0 Å². The van der Waals surface area contributed by atoms with E-state index in [9.17, 15) is 9.59 Å². The van der Waals surface area contributed by atoms with Gasteiger partial charge in [-0.15, -0.1) is 0 Å². The number of nitrogens with zero attached hydrogens (tertiary/aromatic N) is 2. The maximum atomic E-state index is 11.9. The quantitative estimate of drug-likeness (QED) is 0.696. The van der Waals surface area contributed by atoms with Crippen LogP contribution in [0.3, 0.4) is 0 Å². The van der Waals surface area contributed by atoms with Crippen molar-refractivity contribution >= 4 is 11.8 Å². The topological polar surface area (TPSA) is 78.7 Å². The Morgan fingerprint density at radius 2 is 1.68 bits per heavy atom. The zero-order valence-corrected chi connectivity index (χ0v) is 12.0. The number of carbonyl (C=O) groups is 2. The third-order valence-corrected chi connectivity index (χ3v) is 3.69. The van der Waals surface area contributed by atoms with E-state index < -0.39 is 0 Å². The molecular weight excluding hydrogens is 244 g/mol. The fourth-order valence-corrected chi connectivity index (χ4v) is 3.06. The van der Waals surface area contributed by atoms with Crippen molar-refractivity contribution in [2.45, 2.75) is 44.8 Å². The van der Waals surface area contributed by atoms with Gasteiger partial charge in [0.25, 0.3) is 0 Å². The molecule has 108 valence electrons. The Hall–Kier alpha value is -1.14. The first-order valence-corrected chi connectivity index (χ1v) is 6.82. The molecule has 6 nitrogen and oxygen atoms in total. The molecule has 2 aliphatic heterocycles. The number of nitrogens with one attached hydrogen (secondary N) is 1. The Morgan fingerprint density at radius 1 is 1.16 bits per heavy atom. The van der Waals surface area contributed by atoms with Gasteiger partial charge in [0.1, 0.15) is 0 Å². The number of hydrogen-bond donors (Lipinski definition) is 2. The van der Waals surface area contributed by atoms with Crippen LogP contribution in [0.25, 0.3) is 0 Å². The molecule has 2 fully saturated rings. The van der Waals surface area contributed by atoms with Crippen LogP contribution in [0.2, 0.25) is 0 Å². The summed E-state index contributed by atoms with van der Waals surface area (Å²) in [6, 6.07) is 0.759. The molecule has 0 spiro atoms. The van der Waals surface area contributed by atoms with Gasteiger partial charge >= 0.3 is 0 Å². The third kappa shape index (κ3) is 3.67. The lowest BCUT2D eigenvalue weighted by molar-refractivity contribution is -0.125. The van der Waals surface area contributed by atoms with Crippen LogP contribution in [-0.2, 0) is 9.59 Å². The van der Waals surface area contributed by atoms with Crippen molar-refractivity contribution in [3.05, 3.63) is 0 Å². The van der Waals surface area contributed by atoms with Crippen LogP contribution in [0.1, 0.15) is 27.2 Å². The van der Waals surface area contributed by atoms with Crippen molar-refractivity contribution < 1.29 is 9.59 Å². The highest BCUT2D eigenvalue weighted by molar-refractivity contribution is 5.79. The third-order valence-electron chi connectivity index (χ3n) is 3.69. The van der Waals surface area contributed by atoms with Crippen molar-refractivity contribution in [1.82, 2.24) is 15.1 Å². The van der Waals surface area contributed by atoms with Crippen molar-refractivity contribution in [1.29, 1.82) is 0 Å². The SMILES string of the molecule is CC(C)(C)NC(=O)CN1CC2CC1CN2CC(N)=O. The minimum Gasteiger partial charge on any atom is -0.369 e. The molecule has 2 heterocycles. The van der Waals surface area contributed by atoms with E-state index >= 15 is 0 Å². The van der Waals surface area contributed by atoms with E-state index in [1.165, 1.54) is 0 Å². The minimum absolute atomic E-state index is 0.0708. The average molecular weight is 268 g/mol. The van der Waals surface area contributed by atoms with Crippen molar-refractivity contribution in [3.63, 3.8) is 0 Å². The Morgan fingerprint density at radius 3 is 2.11 bits per heavy atom. The molecule has 0 aromatic carbocycles. The zero-order valence-electron chi connectivity index (χ0n) is 12.0. The van der Waals surface area contributed by atoms with Crippen molar-refractivity contribution in [2.24, 2.45) is 5.73 Å². The van der Waals surface area contributed by atoms with Crippen LogP contribution in [0.5, 0.6) is 0 Å². The van der Waals surface area contributed by atoms with Gasteiger partial charge < -0.3 is 11.1 Å². The van der Waals surface area contributed by atoms with E-state index in [4.69, 9.17) is 5.73 Å². The number of amides is 2. The highest BCUT2D eigenvalue weighted by Gasteiger charge is 2.43. The van der Waals surface area contributed by atoms with Crippen LogP contribution < -0.4 is 11.1 Å². The molecule has 3 N–H and O–H groups in total. The molecule has 6 heteroatoms. The highest BCUT2D eigenvalue weighted by Crippen LogP contribution is 2.29. The van der Waals surface area contributed by atoms with Crippen LogP contribution in [0.15, 0.2) is 0 Å². The molecule has 2 saturated heterocycles. The molecule has 0 aromatic rings. The van der Waals surface area contributed by atoms with Gasteiger partial charge in [0, 0.05) is 30.7 Å². The Labute approximate surface area is 114 Å². The molecular formula is C13H24N4O2. The van der Waals surface area contributed by atoms with E-state index in [1.54, 1.807) is 0 Å². The fourth-order valence-electron chi connectivity index (χ4n) is 3.06. The van der Waals surface area contributed by atoms with E-state index in [0.29, 0.717) is 25.2 Å². The summed E-state index contributed by atoms with van der Waals surface area (Å²) in [5.41, 5.74) is 5.04. The average Bonchev–Trinajstić information content (AvgIpc) is 2.72. The maximum Gasteiger partial charge on any atom is 0.234 e. The summed E-state index contributed by atoms with van der Waals surface area (Å²) in [5.74, 6) is -0.203. The molecule has 0 aromatic heterocycles. The summed E-state index contributed by atoms with van der Waals surface area (Å²) in [6.07, 6.45) is 1.04. The van der Waals surface area contributed by atoms with Gasteiger partial charge in [-0.25, -0.2) is 0 Å². The second kappa shape index (κ2) is 5.09. The molecule has 2 rings (SSSR count). The monoisotopic (exact) mass is 268 g/mol. The normalized spacial score (nSPS) is 27.7. The number of carbonyl (C=O) groups excluding carboxylic acids is 2. The summed E-state index contributed by atoms with van der Waals surface area (Å²) >= 11 is 0. The number of rotatable bonds is 4. The van der Waals surface area contributed by atoms with Crippen LogP contribution in [0, 0.1) is 0 Å². The number of piperazine rings is 1. The van der Waals surface area contributed by atoms with Gasteiger partial charge in [0.05, 0.1) is 13.1 Å².